The Morgan fingerprint density at radius 2 is 2.12 bits per heavy atom. The number of carbonyl (C=O) groups is 2. The molecule has 0 aromatic rings. The van der Waals surface area contributed by atoms with Crippen LogP contribution in [0.2, 0.25) is 0 Å². The summed E-state index contributed by atoms with van der Waals surface area (Å²) in [4.78, 5) is 25.8. The lowest BCUT2D eigenvalue weighted by Crippen LogP contribution is -2.67. The van der Waals surface area contributed by atoms with E-state index >= 15 is 0 Å². The zero-order chi connectivity index (χ0) is 12.5. The number of nitrogens with zero attached hydrogens (tertiary/aromatic N) is 2. The summed E-state index contributed by atoms with van der Waals surface area (Å²) in [7, 11) is 0. The summed E-state index contributed by atoms with van der Waals surface area (Å²) in [6.07, 6.45) is 0. The first-order valence-corrected chi connectivity index (χ1v) is 5.19. The van der Waals surface area contributed by atoms with Crippen LogP contribution in [-0.2, 0) is 9.59 Å². The highest BCUT2D eigenvalue weighted by Crippen LogP contribution is 2.25. The molecule has 6 nitrogen and oxygen atoms in total. The van der Waals surface area contributed by atoms with Crippen molar-refractivity contribution in [2.45, 2.75) is 32.9 Å². The first-order chi connectivity index (χ1) is 7.40. The van der Waals surface area contributed by atoms with Crippen molar-refractivity contribution in [3.05, 3.63) is 5.53 Å². The third-order valence-corrected chi connectivity index (χ3v) is 3.02. The number of Topliss-reactive ketones (excluding diaryl/α,β-unsaturated/α-hetero) is 1. The second kappa shape index (κ2) is 4.55. The van der Waals surface area contributed by atoms with Crippen molar-refractivity contribution < 1.29 is 14.4 Å². The maximum absolute atomic E-state index is 11.7. The van der Waals surface area contributed by atoms with Crippen molar-refractivity contribution in [2.75, 3.05) is 0 Å². The van der Waals surface area contributed by atoms with Crippen LogP contribution < -0.4 is 11.1 Å². The molecule has 0 aromatic carbocycles. The van der Waals surface area contributed by atoms with Crippen molar-refractivity contribution in [1.29, 1.82) is 0 Å². The molecule has 1 aliphatic heterocycles. The number of ketones is 1. The van der Waals surface area contributed by atoms with Crippen LogP contribution in [-0.4, -0.2) is 34.3 Å². The van der Waals surface area contributed by atoms with Gasteiger partial charge in [0.25, 0.3) is 0 Å². The molecule has 16 heavy (non-hydrogen) atoms. The highest BCUT2D eigenvalue weighted by atomic mass is 16.2. The van der Waals surface area contributed by atoms with E-state index in [4.69, 9.17) is 11.3 Å². The van der Waals surface area contributed by atoms with Crippen LogP contribution >= 0.6 is 0 Å². The number of nitrogens with one attached hydrogen (secondary N) is 1. The van der Waals surface area contributed by atoms with Crippen LogP contribution in [0, 0.1) is 11.8 Å². The molecule has 0 bridgehead atoms. The van der Waals surface area contributed by atoms with Crippen molar-refractivity contribution in [1.82, 2.24) is 5.32 Å². The Bertz CT molecular complexity index is 371. The van der Waals surface area contributed by atoms with E-state index in [2.05, 4.69) is 10.1 Å². The number of carbonyl (C=O) groups excluding carboxylic acids is 2. The van der Waals surface area contributed by atoms with Crippen molar-refractivity contribution in [2.24, 2.45) is 17.6 Å². The van der Waals surface area contributed by atoms with E-state index in [0.29, 0.717) is 0 Å². The fourth-order valence-electron chi connectivity index (χ4n) is 1.96. The van der Waals surface area contributed by atoms with E-state index in [1.165, 1.54) is 6.92 Å². The van der Waals surface area contributed by atoms with Gasteiger partial charge in [-0.3, -0.25) is 9.59 Å². The molecule has 0 radical (unpaired) electrons. The number of β-lactam (4-membered cyclic amide) rings is 1. The Hall–Kier alpha value is -1.52. The summed E-state index contributed by atoms with van der Waals surface area (Å²) in [6, 6.07) is -0.558. The first-order valence-electron chi connectivity index (χ1n) is 5.19. The molecule has 0 aliphatic carbocycles. The summed E-state index contributed by atoms with van der Waals surface area (Å²) < 4.78 is 0. The number of hydrogen-bond acceptors (Lipinski definition) is 3. The second-order valence-electron chi connectivity index (χ2n) is 4.26. The maximum Gasteiger partial charge on any atom is 0.331 e. The molecule has 0 unspecified atom stereocenters. The van der Waals surface area contributed by atoms with Crippen molar-refractivity contribution in [3.63, 3.8) is 0 Å². The molecule has 1 heterocycles. The van der Waals surface area contributed by atoms with Gasteiger partial charge in [0.1, 0.15) is 0 Å². The highest BCUT2D eigenvalue weighted by Gasteiger charge is 2.47. The van der Waals surface area contributed by atoms with E-state index in [9.17, 15) is 9.59 Å². The number of nitrogens with two attached hydrogens (primary N) is 1. The van der Waals surface area contributed by atoms with Gasteiger partial charge in [0.05, 0.1) is 12.0 Å². The molecular weight excluding hydrogens is 208 g/mol. The smallest absolute Gasteiger partial charge is 0.331 e. The average Bonchev–Trinajstić information content (AvgIpc) is 2.21. The Kier molecular flexibility index (Phi) is 3.57. The van der Waals surface area contributed by atoms with Gasteiger partial charge in [0.2, 0.25) is 11.7 Å². The third kappa shape index (κ3) is 2.03. The van der Waals surface area contributed by atoms with E-state index in [1.807, 2.05) is 0 Å². The maximum atomic E-state index is 11.7. The summed E-state index contributed by atoms with van der Waals surface area (Å²) in [5, 5.41) is 2.66. The van der Waals surface area contributed by atoms with Crippen LogP contribution in [0.5, 0.6) is 0 Å². The monoisotopic (exact) mass is 224 g/mol. The minimum absolute atomic E-state index is 0.0390. The minimum Gasteiger partial charge on any atom is -0.361 e. The topological polar surface area (TPSA) is 109 Å². The number of amides is 1. The van der Waals surface area contributed by atoms with Gasteiger partial charge in [0.15, 0.2) is 0 Å². The van der Waals surface area contributed by atoms with Gasteiger partial charge in [-0.2, -0.15) is 4.79 Å². The van der Waals surface area contributed by atoms with Crippen LogP contribution in [0.4, 0.5) is 0 Å². The fraction of sp³-hybridized carbons (Fsp3) is 0.700. The lowest BCUT2D eigenvalue weighted by molar-refractivity contribution is -0.139. The zero-order valence-corrected chi connectivity index (χ0v) is 9.60. The summed E-state index contributed by atoms with van der Waals surface area (Å²) in [6.45, 7) is 4.86. The zero-order valence-electron chi connectivity index (χ0n) is 9.60. The van der Waals surface area contributed by atoms with Crippen molar-refractivity contribution >= 4 is 17.4 Å². The lowest BCUT2D eigenvalue weighted by Gasteiger charge is -2.41. The van der Waals surface area contributed by atoms with Crippen LogP contribution in [0.3, 0.4) is 0 Å². The molecule has 1 fully saturated rings. The molecule has 1 aliphatic rings. The Labute approximate surface area is 93.8 Å². The van der Waals surface area contributed by atoms with Crippen molar-refractivity contribution in [3.8, 4) is 0 Å². The SMILES string of the molecule is CC(=[N+]=[N-])C(=O)[C@H](C)[C@H]1NC(=O)[C@@H]1[C@@H](C)N. The van der Waals surface area contributed by atoms with Gasteiger partial charge >= 0.3 is 5.71 Å². The molecule has 0 spiro atoms. The van der Waals surface area contributed by atoms with Gasteiger partial charge in [-0.05, 0) is 6.92 Å². The van der Waals surface area contributed by atoms with E-state index in [-0.39, 0.29) is 35.4 Å². The van der Waals surface area contributed by atoms with Gasteiger partial charge in [-0.1, -0.05) is 6.92 Å². The number of hydrogen-bond donors (Lipinski definition) is 2. The Balaban J connectivity index is 2.77. The predicted octanol–water partition coefficient (Wildman–Crippen LogP) is -0.656. The molecule has 4 atom stereocenters. The normalized spacial score (nSPS) is 27.1. The average molecular weight is 224 g/mol. The molecular formula is C10H16N4O2. The predicted molar refractivity (Wildman–Crippen MR) is 57.5 cm³/mol. The molecule has 88 valence electrons. The molecule has 1 rings (SSSR count). The van der Waals surface area contributed by atoms with E-state index in [1.54, 1.807) is 13.8 Å². The number of rotatable bonds is 4. The van der Waals surface area contributed by atoms with E-state index < -0.39 is 5.92 Å². The van der Waals surface area contributed by atoms with Crippen LogP contribution in [0.25, 0.3) is 5.53 Å². The van der Waals surface area contributed by atoms with Gasteiger partial charge in [-0.25, -0.2) is 0 Å². The quantitative estimate of drug-likeness (QED) is 0.286. The minimum atomic E-state index is -0.426. The van der Waals surface area contributed by atoms with Crippen LogP contribution in [0.1, 0.15) is 20.8 Å². The molecule has 0 aromatic heterocycles. The van der Waals surface area contributed by atoms with Gasteiger partial charge < -0.3 is 16.6 Å². The van der Waals surface area contributed by atoms with Gasteiger partial charge in [-0.15, -0.1) is 0 Å². The molecule has 3 N–H and O–H groups in total. The van der Waals surface area contributed by atoms with Gasteiger partial charge in [0, 0.05) is 18.9 Å². The highest BCUT2D eigenvalue weighted by molar-refractivity contribution is 6.37. The Morgan fingerprint density at radius 1 is 1.56 bits per heavy atom. The third-order valence-electron chi connectivity index (χ3n) is 3.02. The first kappa shape index (κ1) is 12.5. The standard InChI is InChI=1S/C10H16N4O2/c1-4(9(15)6(3)14-12)8-7(5(2)11)10(16)13-8/h4-5,7-8H,11H2,1-3H3,(H,13,16)/t4-,5-,7-,8-/m1/s1. The second-order valence-corrected chi connectivity index (χ2v) is 4.26. The van der Waals surface area contributed by atoms with Crippen LogP contribution in [0.15, 0.2) is 0 Å². The Morgan fingerprint density at radius 3 is 2.50 bits per heavy atom. The summed E-state index contributed by atoms with van der Waals surface area (Å²) >= 11 is 0. The molecule has 6 heteroatoms. The summed E-state index contributed by atoms with van der Waals surface area (Å²) in [5.74, 6) is -1.17. The fourth-order valence-corrected chi connectivity index (χ4v) is 1.96. The molecule has 1 saturated heterocycles. The van der Waals surface area contributed by atoms with E-state index in [0.717, 1.165) is 0 Å². The summed E-state index contributed by atoms with van der Waals surface area (Å²) in [5.41, 5.74) is 14.2. The largest absolute Gasteiger partial charge is 0.361 e. The molecule has 0 saturated carbocycles. The lowest BCUT2D eigenvalue weighted by atomic mass is 9.76. The molecule has 1 amide bonds.